The molecule has 2 N–H and O–H groups in total. The van der Waals surface area contributed by atoms with Crippen molar-refractivity contribution < 1.29 is 34.0 Å². The molecule has 0 spiro atoms. The van der Waals surface area contributed by atoms with Gasteiger partial charge >= 0.3 is 11.9 Å². The molecule has 4 atom stereocenters. The van der Waals surface area contributed by atoms with Gasteiger partial charge < -0.3 is 29.2 Å². The molecule has 11 heteroatoms. The second kappa shape index (κ2) is 6.87. The molecule has 2 aromatic rings. The summed E-state index contributed by atoms with van der Waals surface area (Å²) < 4.78 is 23.5. The number of carbonyl (C=O) groups is 1. The summed E-state index contributed by atoms with van der Waals surface area (Å²) in [4.78, 5) is 13.0. The Hall–Kier alpha value is -1.89. The van der Waals surface area contributed by atoms with Crippen LogP contribution in [0.2, 0.25) is 0 Å². The van der Waals surface area contributed by atoms with Crippen molar-refractivity contribution in [2.75, 3.05) is 13.2 Å². The average molecular weight is 411 g/mol. The number of rotatable bonds is 5. The molecule has 2 aliphatic rings. The van der Waals surface area contributed by atoms with E-state index in [-0.39, 0.29) is 18.0 Å². The molecule has 10 nitrogen and oxygen atoms in total. The number of esters is 1. The van der Waals surface area contributed by atoms with Crippen molar-refractivity contribution in [3.05, 3.63) is 23.2 Å². The van der Waals surface area contributed by atoms with Crippen molar-refractivity contribution in [1.82, 2.24) is 15.0 Å². The van der Waals surface area contributed by atoms with E-state index in [2.05, 4.69) is 10.3 Å². The third kappa shape index (κ3) is 2.95. The third-order valence-corrected chi connectivity index (χ3v) is 5.44. The van der Waals surface area contributed by atoms with Crippen LogP contribution < -0.4 is 0 Å². The summed E-state index contributed by atoms with van der Waals surface area (Å²) in [5.41, 5.74) is 0.185. The fraction of sp³-hybridized carbons (Fsp3) is 0.588. The molecule has 28 heavy (non-hydrogen) atoms. The summed E-state index contributed by atoms with van der Waals surface area (Å²) in [7, 11) is 0. The maximum Gasteiger partial charge on any atom is 0.361 e. The van der Waals surface area contributed by atoms with Crippen molar-refractivity contribution in [1.29, 1.82) is 0 Å². The number of hydrogen-bond acceptors (Lipinski definition) is 10. The highest BCUT2D eigenvalue weighted by molar-refractivity contribution is 7.13. The van der Waals surface area contributed by atoms with Gasteiger partial charge in [-0.15, -0.1) is 16.4 Å². The van der Waals surface area contributed by atoms with Crippen LogP contribution in [0.4, 0.5) is 0 Å². The lowest BCUT2D eigenvalue weighted by molar-refractivity contribution is -0.323. The predicted molar refractivity (Wildman–Crippen MR) is 95.3 cm³/mol. The van der Waals surface area contributed by atoms with Crippen molar-refractivity contribution in [3.8, 4) is 10.6 Å². The second-order valence-electron chi connectivity index (χ2n) is 6.91. The molecule has 0 unspecified atom stereocenters. The Kier molecular flexibility index (Phi) is 4.76. The van der Waals surface area contributed by atoms with Gasteiger partial charge in [-0.1, -0.05) is 11.3 Å². The summed E-state index contributed by atoms with van der Waals surface area (Å²) in [6, 6.07) is 3.56. The van der Waals surface area contributed by atoms with E-state index in [9.17, 15) is 15.0 Å². The van der Waals surface area contributed by atoms with Gasteiger partial charge in [0, 0.05) is 0 Å². The highest BCUT2D eigenvalue weighted by Gasteiger charge is 2.65. The Bertz CT molecular complexity index is 868. The van der Waals surface area contributed by atoms with Crippen LogP contribution in [0, 0.1) is 0 Å². The molecule has 0 bridgehead atoms. The Labute approximate surface area is 164 Å². The number of fused-ring (bicyclic) bond motifs is 1. The van der Waals surface area contributed by atoms with E-state index in [0.717, 1.165) is 4.68 Å². The van der Waals surface area contributed by atoms with E-state index >= 15 is 0 Å². The zero-order chi connectivity index (χ0) is 20.1. The quantitative estimate of drug-likeness (QED) is 0.684. The van der Waals surface area contributed by atoms with E-state index in [4.69, 9.17) is 18.9 Å². The van der Waals surface area contributed by atoms with Crippen LogP contribution in [0.25, 0.3) is 10.6 Å². The molecule has 4 rings (SSSR count). The van der Waals surface area contributed by atoms with Gasteiger partial charge in [-0.05, 0) is 32.2 Å². The minimum absolute atomic E-state index is 0.0523. The van der Waals surface area contributed by atoms with Gasteiger partial charge in [0.05, 0.1) is 18.1 Å². The van der Waals surface area contributed by atoms with Crippen molar-refractivity contribution in [2.24, 2.45) is 0 Å². The van der Waals surface area contributed by atoms with E-state index in [1.165, 1.54) is 11.3 Å². The number of ether oxygens (including phenoxy) is 4. The molecular weight excluding hydrogens is 390 g/mol. The summed E-state index contributed by atoms with van der Waals surface area (Å²) >= 11 is 1.34. The van der Waals surface area contributed by atoms with Crippen LogP contribution in [0.1, 0.15) is 31.3 Å². The van der Waals surface area contributed by atoms with E-state index in [1.54, 1.807) is 32.9 Å². The normalized spacial score (nSPS) is 31.1. The molecule has 0 aliphatic carbocycles. The van der Waals surface area contributed by atoms with Gasteiger partial charge in [-0.3, -0.25) is 0 Å². The number of nitrogens with zero attached hydrogens (tertiary/aromatic N) is 3. The van der Waals surface area contributed by atoms with Gasteiger partial charge in [0.1, 0.15) is 17.9 Å². The molecular formula is C17H21N3O7S. The fourth-order valence-electron chi connectivity index (χ4n) is 3.50. The smallest absolute Gasteiger partial charge is 0.361 e. The third-order valence-electron chi connectivity index (χ3n) is 4.57. The van der Waals surface area contributed by atoms with Crippen molar-refractivity contribution >= 4 is 17.3 Å². The first-order chi connectivity index (χ1) is 13.3. The second-order valence-corrected chi connectivity index (χ2v) is 7.86. The largest absolute Gasteiger partial charge is 0.461 e. The van der Waals surface area contributed by atoms with E-state index < -0.39 is 42.6 Å². The van der Waals surface area contributed by atoms with Crippen LogP contribution in [0.15, 0.2) is 17.5 Å². The number of aromatic nitrogens is 3. The van der Waals surface area contributed by atoms with Gasteiger partial charge in [0.2, 0.25) is 0 Å². The lowest BCUT2D eigenvalue weighted by Crippen LogP contribution is -2.46. The lowest BCUT2D eigenvalue weighted by atomic mass is 10.1. The zero-order valence-corrected chi connectivity index (χ0v) is 16.4. The standard InChI is InChI=1S/C17H21N3O7S/c1-4-24-15(22)11-12(10-6-5-7-28-10)20(19-18-11)17(23)14-13(9(8-21)25-17)26-16(2,3)27-14/h5-7,9,13-14,21,23H,4,8H2,1-3H3/t9-,13-,14-,17+/m1/s1. The van der Waals surface area contributed by atoms with Gasteiger partial charge in [-0.25, -0.2) is 4.79 Å². The maximum absolute atomic E-state index is 12.4. The number of hydrogen-bond donors (Lipinski definition) is 2. The van der Waals surface area contributed by atoms with Crippen LogP contribution in [-0.4, -0.2) is 68.5 Å². The summed E-state index contributed by atoms with van der Waals surface area (Å²) in [5.74, 6) is -3.80. The Morgan fingerprint density at radius 2 is 2.18 bits per heavy atom. The molecule has 152 valence electrons. The van der Waals surface area contributed by atoms with Gasteiger partial charge in [0.25, 0.3) is 0 Å². The summed E-state index contributed by atoms with van der Waals surface area (Å²) in [5, 5.41) is 30.9. The highest BCUT2D eigenvalue weighted by atomic mass is 32.1. The van der Waals surface area contributed by atoms with Crippen LogP contribution in [0.5, 0.6) is 0 Å². The SMILES string of the molecule is CCOC(=O)c1nnn([C@@]2(O)O[C@H](CO)[C@H]3OC(C)(C)O[C@H]32)c1-c1cccs1. The molecule has 2 aromatic heterocycles. The first-order valence-electron chi connectivity index (χ1n) is 8.84. The van der Waals surface area contributed by atoms with Crippen LogP contribution >= 0.6 is 11.3 Å². The fourth-order valence-corrected chi connectivity index (χ4v) is 4.25. The number of aliphatic hydroxyl groups is 2. The van der Waals surface area contributed by atoms with Crippen molar-refractivity contribution in [3.63, 3.8) is 0 Å². The minimum Gasteiger partial charge on any atom is -0.461 e. The van der Waals surface area contributed by atoms with E-state index in [0.29, 0.717) is 4.88 Å². The lowest BCUT2D eigenvalue weighted by Gasteiger charge is -2.30. The van der Waals surface area contributed by atoms with E-state index in [1.807, 2.05) is 5.38 Å². The zero-order valence-electron chi connectivity index (χ0n) is 15.6. The van der Waals surface area contributed by atoms with Crippen molar-refractivity contribution in [2.45, 2.75) is 50.8 Å². The summed E-state index contributed by atoms with van der Waals surface area (Å²) in [6.07, 6.45) is -2.56. The summed E-state index contributed by atoms with van der Waals surface area (Å²) in [6.45, 7) is 4.86. The molecule has 0 amide bonds. The van der Waals surface area contributed by atoms with Crippen LogP contribution in [-0.2, 0) is 24.9 Å². The first kappa shape index (κ1) is 19.4. The Morgan fingerprint density at radius 3 is 2.82 bits per heavy atom. The number of aliphatic hydroxyl groups excluding tert-OH is 1. The average Bonchev–Trinajstić information content (AvgIpc) is 3.39. The topological polar surface area (TPSA) is 125 Å². The molecule has 0 aromatic carbocycles. The molecule has 0 radical (unpaired) electrons. The minimum atomic E-state index is -2.14. The van der Waals surface area contributed by atoms with Crippen LogP contribution in [0.3, 0.4) is 0 Å². The van der Waals surface area contributed by atoms with Gasteiger partial charge in [-0.2, -0.15) is 4.68 Å². The Morgan fingerprint density at radius 1 is 1.39 bits per heavy atom. The maximum atomic E-state index is 12.4. The molecule has 0 saturated carbocycles. The molecule has 2 fully saturated rings. The molecule has 4 heterocycles. The predicted octanol–water partition coefficient (Wildman–Crippen LogP) is 0.697. The molecule has 2 aliphatic heterocycles. The monoisotopic (exact) mass is 411 g/mol. The van der Waals surface area contributed by atoms with Gasteiger partial charge in [0.15, 0.2) is 17.6 Å². The Balaban J connectivity index is 1.83. The number of carbonyl (C=O) groups excluding carboxylic acids is 1. The number of thiophene rings is 1. The first-order valence-corrected chi connectivity index (χ1v) is 9.72. The molecule has 2 saturated heterocycles. The highest BCUT2D eigenvalue weighted by Crippen LogP contribution is 2.46.